The quantitative estimate of drug-likeness (QED) is 0.215. The maximum atomic E-state index is 10.6. The predicted octanol–water partition coefficient (Wildman–Crippen LogP) is 9.91. The molecular weight excluding hydrogens is 536 g/mol. The monoisotopic (exact) mass is 562 g/mol. The van der Waals surface area contributed by atoms with Gasteiger partial charge in [0.15, 0.2) is 0 Å². The van der Waals surface area contributed by atoms with Crippen molar-refractivity contribution in [1.29, 1.82) is 10.5 Å². The van der Waals surface area contributed by atoms with Crippen LogP contribution in [0.5, 0.6) is 0 Å². The molecule has 0 spiro atoms. The number of aryl methyl sites for hydroxylation is 2. The number of rotatable bonds is 3. The van der Waals surface area contributed by atoms with Crippen LogP contribution in [-0.2, 0) is 0 Å². The number of fused-ring (bicyclic) bond motifs is 6. The molecule has 0 unspecified atom stereocenters. The Morgan fingerprint density at radius 3 is 1.59 bits per heavy atom. The van der Waals surface area contributed by atoms with E-state index in [4.69, 9.17) is 0 Å². The van der Waals surface area contributed by atoms with Crippen LogP contribution in [0.2, 0.25) is 0 Å². The van der Waals surface area contributed by atoms with Crippen LogP contribution in [0.15, 0.2) is 121 Å². The van der Waals surface area contributed by atoms with Gasteiger partial charge in [-0.15, -0.1) is 0 Å². The van der Waals surface area contributed by atoms with Gasteiger partial charge >= 0.3 is 0 Å². The van der Waals surface area contributed by atoms with E-state index in [1.807, 2.05) is 24.3 Å². The predicted molar refractivity (Wildman–Crippen MR) is 179 cm³/mol. The SMILES string of the molecule is Cc1cccc2c1c1ccccc1n2-c1cc(C#N)c(-c2cccc(C#N)c2)cc1-n1c2ccccc2c2c(C)cccc21. The Kier molecular flexibility index (Phi) is 5.66. The normalized spacial score (nSPS) is 11.4. The van der Waals surface area contributed by atoms with E-state index in [0.717, 1.165) is 44.6 Å². The highest BCUT2D eigenvalue weighted by Gasteiger charge is 2.23. The van der Waals surface area contributed by atoms with E-state index in [9.17, 15) is 10.5 Å². The summed E-state index contributed by atoms with van der Waals surface area (Å²) in [5, 5.41) is 25.0. The molecule has 0 aliphatic carbocycles. The molecule has 8 rings (SSSR count). The van der Waals surface area contributed by atoms with Crippen LogP contribution in [0.25, 0.3) is 66.1 Å². The first-order valence-electron chi connectivity index (χ1n) is 14.7. The highest BCUT2D eigenvalue weighted by molar-refractivity contribution is 6.13. The van der Waals surface area contributed by atoms with Gasteiger partial charge in [-0.3, -0.25) is 0 Å². The summed E-state index contributed by atoms with van der Waals surface area (Å²) in [6.45, 7) is 4.31. The van der Waals surface area contributed by atoms with E-state index in [-0.39, 0.29) is 0 Å². The smallest absolute Gasteiger partial charge is 0.0998 e. The van der Waals surface area contributed by atoms with Crippen molar-refractivity contribution in [2.75, 3.05) is 0 Å². The molecule has 2 aromatic heterocycles. The van der Waals surface area contributed by atoms with Gasteiger partial charge in [-0.1, -0.05) is 72.8 Å². The molecule has 0 saturated carbocycles. The van der Waals surface area contributed by atoms with Crippen molar-refractivity contribution < 1.29 is 0 Å². The van der Waals surface area contributed by atoms with Crippen molar-refractivity contribution in [1.82, 2.24) is 9.13 Å². The molecule has 0 N–H and O–H groups in total. The van der Waals surface area contributed by atoms with Crippen LogP contribution in [-0.4, -0.2) is 9.13 Å². The lowest BCUT2D eigenvalue weighted by atomic mass is 9.97. The molecule has 6 aromatic carbocycles. The van der Waals surface area contributed by atoms with Crippen molar-refractivity contribution in [3.63, 3.8) is 0 Å². The number of hydrogen-bond acceptors (Lipinski definition) is 2. The van der Waals surface area contributed by atoms with E-state index in [1.54, 1.807) is 6.07 Å². The molecule has 0 saturated heterocycles. The molecular formula is C40H26N4. The Bertz CT molecular complexity index is 2550. The molecule has 2 heterocycles. The molecule has 0 atom stereocenters. The molecule has 0 bridgehead atoms. The summed E-state index contributed by atoms with van der Waals surface area (Å²) in [5.41, 5.74) is 11.4. The Hall–Kier alpha value is -6.10. The highest BCUT2D eigenvalue weighted by Crippen LogP contribution is 2.41. The van der Waals surface area contributed by atoms with Crippen LogP contribution in [0.1, 0.15) is 22.3 Å². The fourth-order valence-corrected chi connectivity index (χ4v) is 6.94. The fraction of sp³-hybridized carbons (Fsp3) is 0.0500. The minimum atomic E-state index is 0.550. The first-order valence-corrected chi connectivity index (χ1v) is 14.7. The average Bonchev–Trinajstić information content (AvgIpc) is 3.58. The molecule has 0 aliphatic heterocycles. The Morgan fingerprint density at radius 2 is 1.02 bits per heavy atom. The molecule has 206 valence electrons. The number of para-hydroxylation sites is 2. The van der Waals surface area contributed by atoms with E-state index in [0.29, 0.717) is 11.1 Å². The van der Waals surface area contributed by atoms with E-state index in [1.165, 1.54) is 32.7 Å². The van der Waals surface area contributed by atoms with Crippen molar-refractivity contribution in [3.8, 4) is 34.6 Å². The molecule has 4 heteroatoms. The van der Waals surface area contributed by atoms with Gasteiger partial charge in [0, 0.05) is 27.1 Å². The van der Waals surface area contributed by atoms with Crippen LogP contribution in [0.4, 0.5) is 0 Å². The minimum Gasteiger partial charge on any atom is -0.307 e. The molecule has 0 fully saturated rings. The average molecular weight is 563 g/mol. The highest BCUT2D eigenvalue weighted by atomic mass is 15.1. The number of benzene rings is 6. The topological polar surface area (TPSA) is 57.4 Å². The van der Waals surface area contributed by atoms with Gasteiger partial charge in [0.25, 0.3) is 0 Å². The first-order chi connectivity index (χ1) is 21.6. The van der Waals surface area contributed by atoms with E-state index in [2.05, 4.69) is 126 Å². The van der Waals surface area contributed by atoms with Gasteiger partial charge in [-0.05, 0) is 79.1 Å². The minimum absolute atomic E-state index is 0.550. The summed E-state index contributed by atoms with van der Waals surface area (Å²) in [5.74, 6) is 0. The maximum Gasteiger partial charge on any atom is 0.0998 e. The van der Waals surface area contributed by atoms with Crippen LogP contribution < -0.4 is 0 Å². The molecule has 4 nitrogen and oxygen atoms in total. The standard InChI is InChI=1S/C40H26N4/c1-25-10-7-18-35-39(25)30-14-3-5-16-33(30)43(35)37-21-29(24-42)32(28-13-9-12-27(20-28)23-41)22-38(37)44-34-17-6-4-15-31(34)40-26(2)11-8-19-36(40)44/h3-22H,1-2H3. The van der Waals surface area contributed by atoms with Gasteiger partial charge in [0.1, 0.15) is 0 Å². The zero-order valence-corrected chi connectivity index (χ0v) is 24.3. The zero-order chi connectivity index (χ0) is 29.9. The van der Waals surface area contributed by atoms with Crippen LogP contribution in [0, 0.1) is 36.5 Å². The Labute approximate surface area is 254 Å². The van der Waals surface area contributed by atoms with Gasteiger partial charge < -0.3 is 9.13 Å². The fourth-order valence-electron chi connectivity index (χ4n) is 6.94. The van der Waals surface area contributed by atoms with Crippen molar-refractivity contribution in [3.05, 3.63) is 144 Å². The number of hydrogen-bond donors (Lipinski definition) is 0. The number of nitriles is 2. The maximum absolute atomic E-state index is 10.6. The van der Waals surface area contributed by atoms with Crippen LogP contribution >= 0.6 is 0 Å². The van der Waals surface area contributed by atoms with Crippen molar-refractivity contribution in [2.24, 2.45) is 0 Å². The Morgan fingerprint density at radius 1 is 0.500 bits per heavy atom. The van der Waals surface area contributed by atoms with E-state index >= 15 is 0 Å². The number of nitrogens with zero attached hydrogens (tertiary/aromatic N) is 4. The van der Waals surface area contributed by atoms with Gasteiger partial charge in [0.05, 0.1) is 56.7 Å². The van der Waals surface area contributed by atoms with Gasteiger partial charge in [-0.2, -0.15) is 10.5 Å². The third-order valence-electron chi connectivity index (χ3n) is 8.83. The van der Waals surface area contributed by atoms with Gasteiger partial charge in [0.2, 0.25) is 0 Å². The second kappa shape index (κ2) is 9.73. The van der Waals surface area contributed by atoms with Gasteiger partial charge in [-0.25, -0.2) is 0 Å². The Balaban J connectivity index is 1.60. The lowest BCUT2D eigenvalue weighted by Gasteiger charge is -2.19. The summed E-state index contributed by atoms with van der Waals surface area (Å²) in [6.07, 6.45) is 0. The second-order valence-corrected chi connectivity index (χ2v) is 11.3. The summed E-state index contributed by atoms with van der Waals surface area (Å²) in [4.78, 5) is 0. The van der Waals surface area contributed by atoms with Crippen LogP contribution in [0.3, 0.4) is 0 Å². The lowest BCUT2D eigenvalue weighted by Crippen LogP contribution is -2.05. The third-order valence-corrected chi connectivity index (χ3v) is 8.83. The van der Waals surface area contributed by atoms with E-state index < -0.39 is 0 Å². The molecule has 0 aliphatic rings. The molecule has 0 amide bonds. The summed E-state index contributed by atoms with van der Waals surface area (Å²) >= 11 is 0. The summed E-state index contributed by atoms with van der Waals surface area (Å²) in [7, 11) is 0. The summed E-state index contributed by atoms with van der Waals surface area (Å²) in [6, 6.07) is 46.3. The molecule has 0 radical (unpaired) electrons. The third kappa shape index (κ3) is 3.62. The zero-order valence-electron chi connectivity index (χ0n) is 24.3. The largest absolute Gasteiger partial charge is 0.307 e. The molecule has 44 heavy (non-hydrogen) atoms. The van der Waals surface area contributed by atoms with Crippen molar-refractivity contribution >= 4 is 43.6 Å². The molecule has 8 aromatic rings. The summed E-state index contributed by atoms with van der Waals surface area (Å²) < 4.78 is 4.64. The van der Waals surface area contributed by atoms with Crippen molar-refractivity contribution in [2.45, 2.75) is 13.8 Å². The number of aromatic nitrogens is 2. The first kappa shape index (κ1) is 25.6. The lowest BCUT2D eigenvalue weighted by molar-refractivity contribution is 1.09. The second-order valence-electron chi connectivity index (χ2n) is 11.3.